The smallest absolute Gasteiger partial charge is 0.348 e. The Balaban J connectivity index is 1.37. The molecule has 1 aliphatic heterocycles. The van der Waals surface area contributed by atoms with E-state index in [1.54, 1.807) is 23.6 Å². The highest BCUT2D eigenvalue weighted by Gasteiger charge is 2.50. The van der Waals surface area contributed by atoms with Gasteiger partial charge in [-0.15, -0.1) is 11.3 Å². The SMILES string of the molecule is Nc1nc(Cl)nc2c1ncn2C1OC(COC(Cc2csc3ccc(Cl)cc23)(C(=O)O)C(=O)O)CC1O. The maximum absolute atomic E-state index is 12.3. The number of nitrogens with zero attached hydrogens (tertiary/aromatic N) is 4. The van der Waals surface area contributed by atoms with Gasteiger partial charge in [-0.1, -0.05) is 11.6 Å². The Kier molecular flexibility index (Phi) is 6.68. The molecule has 1 fully saturated rings. The molecule has 0 radical (unpaired) electrons. The number of imidazole rings is 1. The number of thiophene rings is 1. The summed E-state index contributed by atoms with van der Waals surface area (Å²) < 4.78 is 13.7. The van der Waals surface area contributed by atoms with Crippen molar-refractivity contribution in [2.24, 2.45) is 0 Å². The van der Waals surface area contributed by atoms with Crippen LogP contribution >= 0.6 is 34.5 Å². The molecule has 12 nitrogen and oxygen atoms in total. The van der Waals surface area contributed by atoms with E-state index in [4.69, 9.17) is 38.4 Å². The van der Waals surface area contributed by atoms with Gasteiger partial charge < -0.3 is 30.5 Å². The summed E-state index contributed by atoms with van der Waals surface area (Å²) in [6.07, 6.45) is -1.93. The molecule has 194 valence electrons. The van der Waals surface area contributed by atoms with Crippen LogP contribution in [0.3, 0.4) is 0 Å². The Bertz CT molecular complexity index is 1510. The fourth-order valence-electron chi connectivity index (χ4n) is 4.30. The highest BCUT2D eigenvalue weighted by atomic mass is 35.5. The Morgan fingerprint density at radius 2 is 2.03 bits per heavy atom. The van der Waals surface area contributed by atoms with Gasteiger partial charge in [0.15, 0.2) is 17.7 Å². The third-order valence-electron chi connectivity index (χ3n) is 6.12. The van der Waals surface area contributed by atoms with Crippen molar-refractivity contribution < 1.29 is 34.4 Å². The Labute approximate surface area is 222 Å². The van der Waals surface area contributed by atoms with Crippen molar-refractivity contribution >= 4 is 73.5 Å². The number of hydrogen-bond acceptors (Lipinski definition) is 10. The molecule has 3 aromatic heterocycles. The van der Waals surface area contributed by atoms with Crippen LogP contribution in [0.5, 0.6) is 0 Å². The molecule has 3 unspecified atom stereocenters. The van der Waals surface area contributed by atoms with Crippen LogP contribution in [0.4, 0.5) is 5.82 Å². The zero-order valence-corrected chi connectivity index (χ0v) is 21.1. The third-order valence-corrected chi connectivity index (χ3v) is 7.54. The number of carboxylic acids is 2. The number of ether oxygens (including phenoxy) is 2. The number of anilines is 1. The lowest BCUT2D eigenvalue weighted by atomic mass is 9.94. The van der Waals surface area contributed by atoms with Gasteiger partial charge in [0.25, 0.3) is 5.60 Å². The Morgan fingerprint density at radius 3 is 2.76 bits per heavy atom. The molecule has 4 heterocycles. The van der Waals surface area contributed by atoms with Crippen molar-refractivity contribution in [2.45, 2.75) is 36.9 Å². The van der Waals surface area contributed by atoms with Gasteiger partial charge in [0.2, 0.25) is 5.28 Å². The Hall–Kier alpha value is -3.07. The molecule has 0 aliphatic carbocycles. The average molecular weight is 568 g/mol. The van der Waals surface area contributed by atoms with Crippen LogP contribution in [0, 0.1) is 0 Å². The molecule has 0 amide bonds. The average Bonchev–Trinajstić information content (AvgIpc) is 3.53. The minimum Gasteiger partial charge on any atom is -0.479 e. The minimum atomic E-state index is -2.60. The van der Waals surface area contributed by atoms with Crippen molar-refractivity contribution in [1.29, 1.82) is 0 Å². The summed E-state index contributed by atoms with van der Waals surface area (Å²) in [7, 11) is 0. The second-order valence-electron chi connectivity index (χ2n) is 8.48. The van der Waals surface area contributed by atoms with Crippen molar-refractivity contribution in [3.63, 3.8) is 0 Å². The maximum atomic E-state index is 12.3. The molecule has 3 atom stereocenters. The standard InChI is InChI=1S/C22H19Cl2N5O7S/c23-10-1-2-14-12(3-10)9(7-37-14)5-22(19(31)32,20(33)34)35-6-11-4-13(30)18(36-11)29-8-26-15-16(25)27-21(24)28-17(15)29/h1-3,7-8,11,13,18,30H,4-6H2,(H,31,32)(H,33,34)(H2,25,27,28). The number of nitrogen functional groups attached to an aromatic ring is 1. The summed E-state index contributed by atoms with van der Waals surface area (Å²) in [4.78, 5) is 36.6. The molecule has 5 N–H and O–H groups in total. The fourth-order valence-corrected chi connectivity index (χ4v) is 5.58. The second kappa shape index (κ2) is 9.67. The van der Waals surface area contributed by atoms with Crippen LogP contribution < -0.4 is 5.73 Å². The van der Waals surface area contributed by atoms with Crippen LogP contribution in [-0.2, 0) is 25.5 Å². The van der Waals surface area contributed by atoms with Crippen LogP contribution in [-0.4, -0.2) is 71.2 Å². The number of carboxylic acid groups (broad SMARTS) is 2. The van der Waals surface area contributed by atoms with Gasteiger partial charge in [-0.05, 0) is 46.1 Å². The lowest BCUT2D eigenvalue weighted by Crippen LogP contribution is -2.52. The van der Waals surface area contributed by atoms with Crippen molar-refractivity contribution in [3.8, 4) is 0 Å². The Morgan fingerprint density at radius 1 is 1.27 bits per heavy atom. The van der Waals surface area contributed by atoms with E-state index < -0.39 is 49.0 Å². The fraction of sp³-hybridized carbons (Fsp3) is 0.318. The van der Waals surface area contributed by atoms with E-state index in [1.807, 2.05) is 0 Å². The van der Waals surface area contributed by atoms with Crippen LogP contribution in [0.15, 0.2) is 29.9 Å². The van der Waals surface area contributed by atoms with E-state index >= 15 is 0 Å². The molecular weight excluding hydrogens is 549 g/mol. The maximum Gasteiger partial charge on any atom is 0.348 e. The van der Waals surface area contributed by atoms with E-state index in [0.717, 1.165) is 4.70 Å². The summed E-state index contributed by atoms with van der Waals surface area (Å²) in [5.41, 5.74) is 4.20. The largest absolute Gasteiger partial charge is 0.479 e. The number of aliphatic hydroxyl groups excluding tert-OH is 1. The number of rotatable bonds is 8. The van der Waals surface area contributed by atoms with Gasteiger partial charge in [-0.3, -0.25) is 4.57 Å². The van der Waals surface area contributed by atoms with Gasteiger partial charge in [0.05, 0.1) is 19.0 Å². The predicted octanol–water partition coefficient (Wildman–Crippen LogP) is 2.75. The zero-order valence-electron chi connectivity index (χ0n) is 18.7. The van der Waals surface area contributed by atoms with Crippen molar-refractivity contribution in [1.82, 2.24) is 19.5 Å². The predicted molar refractivity (Wildman–Crippen MR) is 134 cm³/mol. The van der Waals surface area contributed by atoms with Gasteiger partial charge in [0.1, 0.15) is 11.6 Å². The monoisotopic (exact) mass is 567 g/mol. The molecule has 5 rings (SSSR count). The van der Waals surface area contributed by atoms with E-state index in [1.165, 1.54) is 22.2 Å². The van der Waals surface area contributed by atoms with Gasteiger partial charge in [0, 0.05) is 22.6 Å². The van der Waals surface area contributed by atoms with E-state index in [0.29, 0.717) is 16.0 Å². The summed E-state index contributed by atoms with van der Waals surface area (Å²) >= 11 is 13.3. The highest BCUT2D eigenvalue weighted by Crippen LogP contribution is 2.35. The normalized spacial score (nSPS) is 20.1. The van der Waals surface area contributed by atoms with Crippen molar-refractivity contribution in [3.05, 3.63) is 45.8 Å². The quantitative estimate of drug-likeness (QED) is 0.181. The van der Waals surface area contributed by atoms with E-state index in [9.17, 15) is 24.9 Å². The van der Waals surface area contributed by atoms with Gasteiger partial charge in [-0.25, -0.2) is 14.6 Å². The molecule has 15 heteroatoms. The lowest BCUT2D eigenvalue weighted by molar-refractivity contribution is -0.188. The number of benzene rings is 1. The molecule has 1 saturated heterocycles. The molecule has 1 aromatic carbocycles. The first-order valence-corrected chi connectivity index (χ1v) is 12.5. The number of carbonyl (C=O) groups is 2. The number of aromatic nitrogens is 4. The number of fused-ring (bicyclic) bond motifs is 2. The number of nitrogens with two attached hydrogens (primary N) is 1. The summed E-state index contributed by atoms with van der Waals surface area (Å²) in [6.45, 7) is -0.417. The second-order valence-corrected chi connectivity index (χ2v) is 10.2. The third kappa shape index (κ3) is 4.58. The van der Waals surface area contributed by atoms with E-state index in [2.05, 4.69) is 15.0 Å². The molecule has 0 spiro atoms. The minimum absolute atomic E-state index is 0.0327. The lowest BCUT2D eigenvalue weighted by Gasteiger charge is -2.26. The molecule has 4 aromatic rings. The number of halogens is 2. The van der Waals surface area contributed by atoms with Gasteiger partial charge in [-0.2, -0.15) is 9.97 Å². The first-order chi connectivity index (χ1) is 17.6. The first-order valence-electron chi connectivity index (χ1n) is 10.8. The molecule has 0 bridgehead atoms. The topological polar surface area (TPSA) is 183 Å². The van der Waals surface area contributed by atoms with Crippen LogP contribution in [0.25, 0.3) is 21.3 Å². The first kappa shape index (κ1) is 25.6. The van der Waals surface area contributed by atoms with Crippen LogP contribution in [0.1, 0.15) is 18.2 Å². The summed E-state index contributed by atoms with van der Waals surface area (Å²) in [6, 6.07) is 5.12. The molecule has 1 aliphatic rings. The summed E-state index contributed by atoms with van der Waals surface area (Å²) in [5.74, 6) is -3.28. The zero-order chi connectivity index (χ0) is 26.5. The van der Waals surface area contributed by atoms with Crippen LogP contribution in [0.2, 0.25) is 10.3 Å². The molecule has 0 saturated carbocycles. The number of aliphatic hydroxyl groups is 1. The number of aliphatic carboxylic acids is 2. The molecule has 37 heavy (non-hydrogen) atoms. The molecular formula is C22H19Cl2N5O7S. The van der Waals surface area contributed by atoms with Gasteiger partial charge >= 0.3 is 11.9 Å². The number of hydrogen-bond donors (Lipinski definition) is 4. The van der Waals surface area contributed by atoms with E-state index in [-0.39, 0.29) is 28.7 Å². The highest BCUT2D eigenvalue weighted by molar-refractivity contribution is 7.17. The summed E-state index contributed by atoms with van der Waals surface area (Å²) in [5, 5.41) is 33.2. The van der Waals surface area contributed by atoms with Crippen molar-refractivity contribution in [2.75, 3.05) is 12.3 Å².